The van der Waals surface area contributed by atoms with Gasteiger partial charge in [0.25, 0.3) is 5.91 Å². The summed E-state index contributed by atoms with van der Waals surface area (Å²) in [6.07, 6.45) is 0. The molecule has 1 amide bonds. The highest BCUT2D eigenvalue weighted by Gasteiger charge is 2.21. The molecule has 0 saturated heterocycles. The van der Waals surface area contributed by atoms with Gasteiger partial charge in [-0.3, -0.25) is 14.5 Å². The van der Waals surface area contributed by atoms with Crippen molar-refractivity contribution >= 4 is 16.8 Å². The SMILES string of the molecule is CCn1nc(C)c(C(C)NC(=O)c2cc(C)nc3c(C)cccc23)c1C. The number of para-hydroxylation sites is 1. The molecule has 5 heteroatoms. The second-order valence-electron chi connectivity index (χ2n) is 6.88. The second kappa shape index (κ2) is 6.90. The van der Waals surface area contributed by atoms with Gasteiger partial charge in [0.2, 0.25) is 0 Å². The Hall–Kier alpha value is -2.69. The van der Waals surface area contributed by atoms with Crippen LogP contribution in [0, 0.1) is 27.7 Å². The van der Waals surface area contributed by atoms with E-state index in [0.29, 0.717) is 5.56 Å². The van der Waals surface area contributed by atoms with Crippen LogP contribution in [-0.4, -0.2) is 20.7 Å². The number of carbonyl (C=O) groups is 1. The number of rotatable bonds is 4. The van der Waals surface area contributed by atoms with E-state index in [-0.39, 0.29) is 11.9 Å². The molecule has 0 saturated carbocycles. The van der Waals surface area contributed by atoms with Crippen molar-refractivity contribution in [2.24, 2.45) is 0 Å². The van der Waals surface area contributed by atoms with Crippen LogP contribution in [0.5, 0.6) is 0 Å². The van der Waals surface area contributed by atoms with E-state index >= 15 is 0 Å². The van der Waals surface area contributed by atoms with E-state index in [1.165, 1.54) is 0 Å². The molecule has 1 aromatic carbocycles. The number of amides is 1. The zero-order chi connectivity index (χ0) is 19.0. The van der Waals surface area contributed by atoms with Crippen LogP contribution in [0.3, 0.4) is 0 Å². The molecule has 0 bridgehead atoms. The van der Waals surface area contributed by atoms with E-state index in [1.807, 2.05) is 56.6 Å². The fourth-order valence-corrected chi connectivity index (χ4v) is 3.70. The maximum absolute atomic E-state index is 13.0. The molecule has 3 rings (SSSR count). The standard InChI is InChI=1S/C21H26N4O/c1-7-25-16(6)19(15(5)24-25)14(4)23-21(26)18-11-13(3)22-20-12(2)9-8-10-17(18)20/h8-11,14H,7H2,1-6H3,(H,23,26). The molecular weight excluding hydrogens is 324 g/mol. The lowest BCUT2D eigenvalue weighted by atomic mass is 10.0. The molecular formula is C21H26N4O. The second-order valence-corrected chi connectivity index (χ2v) is 6.88. The smallest absolute Gasteiger partial charge is 0.252 e. The first-order valence-corrected chi connectivity index (χ1v) is 9.05. The molecule has 26 heavy (non-hydrogen) atoms. The van der Waals surface area contributed by atoms with Gasteiger partial charge >= 0.3 is 0 Å². The summed E-state index contributed by atoms with van der Waals surface area (Å²) in [7, 11) is 0. The largest absolute Gasteiger partial charge is 0.345 e. The van der Waals surface area contributed by atoms with Gasteiger partial charge in [-0.05, 0) is 53.2 Å². The maximum atomic E-state index is 13.0. The van der Waals surface area contributed by atoms with Crippen molar-refractivity contribution in [1.82, 2.24) is 20.1 Å². The van der Waals surface area contributed by atoms with Gasteiger partial charge in [-0.15, -0.1) is 0 Å². The third-order valence-corrected chi connectivity index (χ3v) is 4.93. The molecule has 0 fully saturated rings. The molecule has 1 unspecified atom stereocenters. The number of aromatic nitrogens is 3. The molecule has 0 aliphatic rings. The number of benzene rings is 1. The number of aryl methyl sites for hydroxylation is 4. The molecule has 1 N–H and O–H groups in total. The third kappa shape index (κ3) is 3.09. The fraction of sp³-hybridized carbons (Fsp3) is 0.381. The van der Waals surface area contributed by atoms with Gasteiger partial charge < -0.3 is 5.32 Å². The van der Waals surface area contributed by atoms with Gasteiger partial charge in [0.15, 0.2) is 0 Å². The molecule has 0 spiro atoms. The number of nitrogens with zero attached hydrogens (tertiary/aromatic N) is 3. The summed E-state index contributed by atoms with van der Waals surface area (Å²) in [5.41, 5.74) is 6.62. The summed E-state index contributed by atoms with van der Waals surface area (Å²) in [5.74, 6) is -0.0818. The van der Waals surface area contributed by atoms with Crippen LogP contribution < -0.4 is 5.32 Å². The van der Waals surface area contributed by atoms with Crippen molar-refractivity contribution in [3.8, 4) is 0 Å². The predicted molar refractivity (Wildman–Crippen MR) is 104 cm³/mol. The average Bonchev–Trinajstić information content (AvgIpc) is 2.88. The molecule has 2 heterocycles. The Morgan fingerprint density at radius 1 is 1.23 bits per heavy atom. The van der Waals surface area contributed by atoms with Crippen LogP contribution >= 0.6 is 0 Å². The van der Waals surface area contributed by atoms with Gasteiger partial charge in [-0.2, -0.15) is 5.10 Å². The summed E-state index contributed by atoms with van der Waals surface area (Å²) < 4.78 is 1.97. The molecule has 0 radical (unpaired) electrons. The Balaban J connectivity index is 1.97. The molecule has 2 aromatic heterocycles. The zero-order valence-electron chi connectivity index (χ0n) is 16.3. The lowest BCUT2D eigenvalue weighted by molar-refractivity contribution is 0.0941. The highest BCUT2D eigenvalue weighted by Crippen LogP contribution is 2.24. The number of hydrogen-bond donors (Lipinski definition) is 1. The number of fused-ring (bicyclic) bond motifs is 1. The third-order valence-electron chi connectivity index (χ3n) is 4.93. The monoisotopic (exact) mass is 350 g/mol. The van der Waals surface area contributed by atoms with Crippen LogP contribution in [0.25, 0.3) is 10.9 Å². The van der Waals surface area contributed by atoms with Crippen molar-refractivity contribution in [2.75, 3.05) is 0 Å². The minimum atomic E-state index is -0.115. The van der Waals surface area contributed by atoms with Crippen LogP contribution in [0.2, 0.25) is 0 Å². The van der Waals surface area contributed by atoms with Crippen molar-refractivity contribution in [3.05, 3.63) is 58.0 Å². The highest BCUT2D eigenvalue weighted by molar-refractivity contribution is 6.06. The Morgan fingerprint density at radius 2 is 1.96 bits per heavy atom. The summed E-state index contributed by atoms with van der Waals surface area (Å²) in [6.45, 7) is 12.9. The van der Waals surface area contributed by atoms with Crippen LogP contribution in [0.4, 0.5) is 0 Å². The number of nitrogens with one attached hydrogen (secondary N) is 1. The lowest BCUT2D eigenvalue weighted by Gasteiger charge is -2.16. The van der Waals surface area contributed by atoms with Gasteiger partial charge in [0.05, 0.1) is 22.8 Å². The first-order chi connectivity index (χ1) is 12.3. The Bertz CT molecular complexity index is 987. The molecule has 136 valence electrons. The first-order valence-electron chi connectivity index (χ1n) is 9.05. The van der Waals surface area contributed by atoms with E-state index in [1.54, 1.807) is 0 Å². The summed E-state index contributed by atoms with van der Waals surface area (Å²) in [6, 6.07) is 7.69. The van der Waals surface area contributed by atoms with E-state index < -0.39 is 0 Å². The van der Waals surface area contributed by atoms with E-state index in [4.69, 9.17) is 0 Å². The zero-order valence-corrected chi connectivity index (χ0v) is 16.3. The fourth-order valence-electron chi connectivity index (χ4n) is 3.70. The topological polar surface area (TPSA) is 59.8 Å². The Morgan fingerprint density at radius 3 is 2.62 bits per heavy atom. The van der Waals surface area contributed by atoms with Crippen molar-refractivity contribution in [2.45, 2.75) is 54.1 Å². The van der Waals surface area contributed by atoms with Gasteiger partial charge in [0, 0.05) is 28.9 Å². The first kappa shape index (κ1) is 18.1. The van der Waals surface area contributed by atoms with Gasteiger partial charge in [-0.25, -0.2) is 0 Å². The van der Waals surface area contributed by atoms with Crippen LogP contribution in [0.1, 0.15) is 58.5 Å². The van der Waals surface area contributed by atoms with Gasteiger partial charge in [-0.1, -0.05) is 18.2 Å². The van der Waals surface area contributed by atoms with Crippen LogP contribution in [0.15, 0.2) is 24.3 Å². The van der Waals surface area contributed by atoms with E-state index in [2.05, 4.69) is 29.2 Å². The molecule has 0 aliphatic carbocycles. The lowest BCUT2D eigenvalue weighted by Crippen LogP contribution is -2.27. The van der Waals surface area contributed by atoms with Crippen LogP contribution in [-0.2, 0) is 6.54 Å². The van der Waals surface area contributed by atoms with E-state index in [0.717, 1.165) is 45.7 Å². The quantitative estimate of drug-likeness (QED) is 0.768. The molecule has 1 atom stereocenters. The number of pyridine rings is 1. The number of carbonyl (C=O) groups excluding carboxylic acids is 1. The average molecular weight is 350 g/mol. The summed E-state index contributed by atoms with van der Waals surface area (Å²) >= 11 is 0. The normalized spacial score (nSPS) is 12.4. The molecule has 3 aromatic rings. The van der Waals surface area contributed by atoms with Crippen molar-refractivity contribution in [3.63, 3.8) is 0 Å². The highest BCUT2D eigenvalue weighted by atomic mass is 16.1. The van der Waals surface area contributed by atoms with Gasteiger partial charge in [0.1, 0.15) is 0 Å². The van der Waals surface area contributed by atoms with Crippen molar-refractivity contribution < 1.29 is 4.79 Å². The number of hydrogen-bond acceptors (Lipinski definition) is 3. The van der Waals surface area contributed by atoms with Crippen molar-refractivity contribution in [1.29, 1.82) is 0 Å². The Kier molecular flexibility index (Phi) is 4.81. The minimum Gasteiger partial charge on any atom is -0.345 e. The molecule has 0 aliphatic heterocycles. The minimum absolute atomic E-state index is 0.0818. The summed E-state index contributed by atoms with van der Waals surface area (Å²) in [4.78, 5) is 17.6. The predicted octanol–water partition coefficient (Wildman–Crippen LogP) is 4.18. The van der Waals surface area contributed by atoms with E-state index in [9.17, 15) is 4.79 Å². The Labute approximate surface area is 154 Å². The maximum Gasteiger partial charge on any atom is 0.252 e. The molecule has 5 nitrogen and oxygen atoms in total. The summed E-state index contributed by atoms with van der Waals surface area (Å²) in [5, 5.41) is 8.60.